The first-order chi connectivity index (χ1) is 9.43. The van der Waals surface area contributed by atoms with E-state index in [-0.39, 0.29) is 23.2 Å². The van der Waals surface area contributed by atoms with Crippen molar-refractivity contribution in [1.29, 1.82) is 0 Å². The Bertz CT molecular complexity index is 562. The summed E-state index contributed by atoms with van der Waals surface area (Å²) in [5.41, 5.74) is 0.869. The lowest BCUT2D eigenvalue weighted by atomic mass is 10.1. The number of ketones is 1. The van der Waals surface area contributed by atoms with E-state index in [9.17, 15) is 9.59 Å². The van der Waals surface area contributed by atoms with Crippen molar-refractivity contribution >= 4 is 11.8 Å². The van der Waals surface area contributed by atoms with Gasteiger partial charge < -0.3 is 9.64 Å². The SMILES string of the molecule is COC(=O)/C(=C/N(C)C)C(=O)C1CC1c1cn(C)nn1. The van der Waals surface area contributed by atoms with Crippen LogP contribution in [0.25, 0.3) is 0 Å². The third-order valence-electron chi connectivity index (χ3n) is 3.19. The molecule has 2 rings (SSSR count). The second-order valence-corrected chi connectivity index (χ2v) is 5.13. The molecule has 1 fully saturated rings. The number of rotatable bonds is 5. The summed E-state index contributed by atoms with van der Waals surface area (Å²) in [6.07, 6.45) is 3.99. The lowest BCUT2D eigenvalue weighted by molar-refractivity contribution is -0.138. The Kier molecular flexibility index (Phi) is 3.87. The zero-order valence-electron chi connectivity index (χ0n) is 12.0. The van der Waals surface area contributed by atoms with Gasteiger partial charge >= 0.3 is 5.97 Å². The van der Waals surface area contributed by atoms with Gasteiger partial charge in [0.25, 0.3) is 0 Å². The van der Waals surface area contributed by atoms with Crippen LogP contribution < -0.4 is 0 Å². The van der Waals surface area contributed by atoms with E-state index < -0.39 is 5.97 Å². The highest BCUT2D eigenvalue weighted by molar-refractivity contribution is 6.19. The van der Waals surface area contributed by atoms with Crippen LogP contribution in [0.5, 0.6) is 0 Å². The molecule has 108 valence electrons. The van der Waals surface area contributed by atoms with Gasteiger partial charge in [-0.25, -0.2) is 4.79 Å². The Morgan fingerprint density at radius 1 is 1.50 bits per heavy atom. The highest BCUT2D eigenvalue weighted by Crippen LogP contribution is 2.48. The topological polar surface area (TPSA) is 77.3 Å². The second-order valence-electron chi connectivity index (χ2n) is 5.13. The molecule has 1 saturated carbocycles. The summed E-state index contributed by atoms with van der Waals surface area (Å²) in [5, 5.41) is 7.87. The lowest BCUT2D eigenvalue weighted by Gasteiger charge is -2.09. The number of hydrogen-bond acceptors (Lipinski definition) is 6. The summed E-state index contributed by atoms with van der Waals surface area (Å²) in [4.78, 5) is 25.7. The van der Waals surface area contributed by atoms with Crippen LogP contribution in [-0.4, -0.2) is 52.9 Å². The van der Waals surface area contributed by atoms with Crippen LogP contribution in [0, 0.1) is 5.92 Å². The fourth-order valence-electron chi connectivity index (χ4n) is 2.13. The van der Waals surface area contributed by atoms with Gasteiger partial charge in [0.1, 0.15) is 5.57 Å². The Labute approximate surface area is 117 Å². The van der Waals surface area contributed by atoms with Crippen molar-refractivity contribution in [2.24, 2.45) is 13.0 Å². The molecule has 7 heteroatoms. The molecule has 0 bridgehead atoms. The molecular formula is C13H18N4O3. The quantitative estimate of drug-likeness (QED) is 0.329. The third-order valence-corrected chi connectivity index (χ3v) is 3.19. The molecule has 1 aromatic rings. The summed E-state index contributed by atoms with van der Waals surface area (Å²) < 4.78 is 6.27. The fraction of sp³-hybridized carbons (Fsp3) is 0.538. The average Bonchev–Trinajstić information content (AvgIpc) is 3.09. The maximum atomic E-state index is 12.4. The van der Waals surface area contributed by atoms with Gasteiger partial charge in [0, 0.05) is 45.4 Å². The molecular weight excluding hydrogens is 260 g/mol. The van der Waals surface area contributed by atoms with E-state index >= 15 is 0 Å². The third kappa shape index (κ3) is 2.87. The molecule has 1 aliphatic rings. The van der Waals surface area contributed by atoms with Crippen molar-refractivity contribution in [3.63, 3.8) is 0 Å². The molecule has 0 aromatic carbocycles. The molecule has 0 aliphatic heterocycles. The number of aromatic nitrogens is 3. The molecule has 1 heterocycles. The molecule has 1 aliphatic carbocycles. The normalized spacial score (nSPS) is 21.5. The van der Waals surface area contributed by atoms with Crippen LogP contribution in [0.4, 0.5) is 0 Å². The molecule has 0 N–H and O–H groups in total. The number of esters is 1. The number of nitrogens with zero attached hydrogens (tertiary/aromatic N) is 4. The molecule has 2 unspecified atom stereocenters. The average molecular weight is 278 g/mol. The summed E-state index contributed by atoms with van der Waals surface area (Å²) in [7, 11) is 6.56. The number of ether oxygens (including phenoxy) is 1. The van der Waals surface area contributed by atoms with Crippen LogP contribution >= 0.6 is 0 Å². The molecule has 2 atom stereocenters. The number of hydrogen-bond donors (Lipinski definition) is 0. The van der Waals surface area contributed by atoms with Crippen LogP contribution in [-0.2, 0) is 21.4 Å². The second kappa shape index (κ2) is 5.44. The van der Waals surface area contributed by atoms with Gasteiger partial charge in [0.05, 0.1) is 12.8 Å². The molecule has 0 spiro atoms. The number of carbonyl (C=O) groups excluding carboxylic acids is 2. The van der Waals surface area contributed by atoms with Gasteiger partial charge in [-0.05, 0) is 6.42 Å². The van der Waals surface area contributed by atoms with Gasteiger partial charge in [0.2, 0.25) is 0 Å². The number of methoxy groups -OCH3 is 1. The Morgan fingerprint density at radius 3 is 2.70 bits per heavy atom. The standard InChI is InChI=1S/C13H18N4O3/c1-16(2)6-10(13(19)20-4)12(18)9-5-8(9)11-7-17(3)15-14-11/h6-9H,5H2,1-4H3/b10-6+. The zero-order valence-corrected chi connectivity index (χ0v) is 12.0. The van der Waals surface area contributed by atoms with Crippen LogP contribution in [0.1, 0.15) is 18.0 Å². The van der Waals surface area contributed by atoms with Gasteiger partial charge in [0.15, 0.2) is 5.78 Å². The fourth-order valence-corrected chi connectivity index (χ4v) is 2.13. The Hall–Kier alpha value is -2.18. The van der Waals surface area contributed by atoms with E-state index in [0.29, 0.717) is 6.42 Å². The molecule has 0 saturated heterocycles. The number of carbonyl (C=O) groups is 2. The van der Waals surface area contributed by atoms with Crippen LogP contribution in [0.2, 0.25) is 0 Å². The summed E-state index contributed by atoms with van der Waals surface area (Å²) in [5.74, 6) is -0.960. The van der Waals surface area contributed by atoms with E-state index in [4.69, 9.17) is 0 Å². The molecule has 1 aromatic heterocycles. The van der Waals surface area contributed by atoms with Crippen molar-refractivity contribution < 1.29 is 14.3 Å². The van der Waals surface area contributed by atoms with Crippen molar-refractivity contribution in [2.45, 2.75) is 12.3 Å². The number of Topliss-reactive ketones (excluding diaryl/α,β-unsaturated/α-hetero) is 1. The predicted octanol–water partition coefficient (Wildman–Crippen LogP) is 0.106. The van der Waals surface area contributed by atoms with E-state index in [1.807, 2.05) is 0 Å². The van der Waals surface area contributed by atoms with Crippen molar-refractivity contribution in [2.75, 3.05) is 21.2 Å². The molecule has 0 radical (unpaired) electrons. The summed E-state index contributed by atoms with van der Waals surface area (Å²) >= 11 is 0. The Balaban J connectivity index is 2.13. The van der Waals surface area contributed by atoms with Gasteiger partial charge in [-0.1, -0.05) is 5.21 Å². The first-order valence-electron chi connectivity index (χ1n) is 6.31. The lowest BCUT2D eigenvalue weighted by Crippen LogP contribution is -2.19. The van der Waals surface area contributed by atoms with Crippen molar-refractivity contribution in [1.82, 2.24) is 19.9 Å². The molecule has 20 heavy (non-hydrogen) atoms. The first kappa shape index (κ1) is 14.2. The summed E-state index contributed by atoms with van der Waals surface area (Å²) in [6.45, 7) is 0. The minimum atomic E-state index is -0.603. The minimum Gasteiger partial charge on any atom is -0.465 e. The van der Waals surface area contributed by atoms with Gasteiger partial charge in [-0.15, -0.1) is 5.10 Å². The smallest absolute Gasteiger partial charge is 0.342 e. The largest absolute Gasteiger partial charge is 0.465 e. The van der Waals surface area contributed by atoms with E-state index in [2.05, 4.69) is 15.0 Å². The summed E-state index contributed by atoms with van der Waals surface area (Å²) in [6, 6.07) is 0. The predicted molar refractivity (Wildman–Crippen MR) is 70.6 cm³/mol. The van der Waals surface area contributed by atoms with Gasteiger partial charge in [-0.3, -0.25) is 9.48 Å². The Morgan fingerprint density at radius 2 is 2.20 bits per heavy atom. The molecule has 7 nitrogen and oxygen atoms in total. The van der Waals surface area contributed by atoms with E-state index in [1.165, 1.54) is 13.3 Å². The molecule has 0 amide bonds. The highest BCUT2D eigenvalue weighted by Gasteiger charge is 2.47. The van der Waals surface area contributed by atoms with Crippen molar-refractivity contribution in [3.05, 3.63) is 23.7 Å². The van der Waals surface area contributed by atoms with Crippen LogP contribution in [0.3, 0.4) is 0 Å². The van der Waals surface area contributed by atoms with E-state index in [1.54, 1.807) is 36.9 Å². The minimum absolute atomic E-state index is 0.0476. The maximum Gasteiger partial charge on any atom is 0.342 e. The number of aryl methyl sites for hydroxylation is 1. The van der Waals surface area contributed by atoms with E-state index in [0.717, 1.165) is 5.69 Å². The maximum absolute atomic E-state index is 12.4. The van der Waals surface area contributed by atoms with Gasteiger partial charge in [-0.2, -0.15) is 0 Å². The first-order valence-corrected chi connectivity index (χ1v) is 6.31. The highest BCUT2D eigenvalue weighted by atomic mass is 16.5. The zero-order chi connectivity index (χ0) is 14.9. The van der Waals surface area contributed by atoms with Crippen LogP contribution in [0.15, 0.2) is 18.0 Å². The van der Waals surface area contributed by atoms with Crippen molar-refractivity contribution in [3.8, 4) is 0 Å². The monoisotopic (exact) mass is 278 g/mol.